The summed E-state index contributed by atoms with van der Waals surface area (Å²) in [6, 6.07) is 8.45. The van der Waals surface area contributed by atoms with Crippen molar-refractivity contribution >= 4 is 34.4 Å². The number of aromatic nitrogens is 2. The number of alkyl halides is 1. The van der Waals surface area contributed by atoms with Crippen LogP contribution in [0.25, 0.3) is 10.9 Å². The van der Waals surface area contributed by atoms with E-state index in [0.717, 1.165) is 16.2 Å². The summed E-state index contributed by atoms with van der Waals surface area (Å²) >= 11 is 1.46. The van der Waals surface area contributed by atoms with Crippen LogP contribution in [0.3, 0.4) is 0 Å². The van der Waals surface area contributed by atoms with Crippen LogP contribution in [-0.4, -0.2) is 72.1 Å². The molecule has 1 saturated heterocycles. The number of likely N-dealkylation sites (tertiary alicyclic amines) is 1. The van der Waals surface area contributed by atoms with E-state index in [9.17, 15) is 9.18 Å². The number of amides is 1. The predicted molar refractivity (Wildman–Crippen MR) is 143 cm³/mol. The molecule has 3 atom stereocenters. The fraction of sp³-hybridized carbons (Fsp3) is 0.444. The molecule has 5 rings (SSSR count). The van der Waals surface area contributed by atoms with E-state index in [1.165, 1.54) is 24.9 Å². The highest BCUT2D eigenvalue weighted by Crippen LogP contribution is 2.32. The summed E-state index contributed by atoms with van der Waals surface area (Å²) in [5.41, 5.74) is 1.81. The van der Waals surface area contributed by atoms with Crippen LogP contribution in [0, 0.1) is 5.82 Å². The van der Waals surface area contributed by atoms with Crippen LogP contribution in [0.2, 0.25) is 0 Å². The number of hydrogen-bond acceptors (Lipinski definition) is 8. The molecule has 1 fully saturated rings. The molecule has 202 valence electrons. The Kier molecular flexibility index (Phi) is 8.37. The number of anilines is 1. The zero-order valence-corrected chi connectivity index (χ0v) is 22.2. The lowest BCUT2D eigenvalue weighted by Crippen LogP contribution is -2.51. The third-order valence-corrected chi connectivity index (χ3v) is 7.93. The highest BCUT2D eigenvalue weighted by molar-refractivity contribution is 8.00. The summed E-state index contributed by atoms with van der Waals surface area (Å²) in [4.78, 5) is 23.4. The van der Waals surface area contributed by atoms with Gasteiger partial charge in [0.15, 0.2) is 5.82 Å². The molecule has 0 aliphatic carbocycles. The van der Waals surface area contributed by atoms with Crippen molar-refractivity contribution in [2.24, 2.45) is 0 Å². The Morgan fingerprint density at radius 1 is 1.32 bits per heavy atom. The fourth-order valence-corrected chi connectivity index (χ4v) is 5.74. The number of thioether (sulfide) groups is 1. The molecule has 2 aliphatic heterocycles. The van der Waals surface area contributed by atoms with E-state index in [4.69, 9.17) is 9.47 Å². The molecule has 0 spiro atoms. The number of benzene rings is 1. The number of carbonyl (C=O) groups excluding carboxylic acids is 1. The third-order valence-electron chi connectivity index (χ3n) is 6.88. The molecular weight excluding hydrogens is 512 g/mol. The third kappa shape index (κ3) is 5.90. The zero-order chi connectivity index (χ0) is 26.6. The van der Waals surface area contributed by atoms with Gasteiger partial charge in [-0.2, -0.15) is 0 Å². The molecule has 2 aliphatic rings. The van der Waals surface area contributed by atoms with Crippen molar-refractivity contribution in [3.63, 3.8) is 0 Å². The van der Waals surface area contributed by atoms with E-state index >= 15 is 4.39 Å². The first-order valence-corrected chi connectivity index (χ1v) is 13.7. The van der Waals surface area contributed by atoms with Crippen molar-refractivity contribution in [1.29, 1.82) is 0 Å². The van der Waals surface area contributed by atoms with Crippen LogP contribution in [0.4, 0.5) is 14.6 Å². The highest BCUT2D eigenvalue weighted by atomic mass is 32.2. The van der Waals surface area contributed by atoms with Crippen molar-refractivity contribution in [1.82, 2.24) is 20.2 Å². The van der Waals surface area contributed by atoms with E-state index in [-0.39, 0.29) is 30.1 Å². The standard InChI is InChI=1S/C27H31F2N5O3S/c1-3-37-23(18-6-8-30-26-19(18)10-17(36-2)11-20(26)28)14-34-9-7-22(21(29)13-34)31-12-16-4-5-24-27(32-16)33-25(35)15-38-24/h4-6,8,10-11,21-23,31H,3,7,9,12-15H2,1-2H3,(H,32,33,35)/t21?,22?,23-/m0/s1. The van der Waals surface area contributed by atoms with Crippen LogP contribution < -0.4 is 15.4 Å². The van der Waals surface area contributed by atoms with Crippen LogP contribution in [-0.2, 0) is 16.1 Å². The minimum atomic E-state index is -1.08. The topological polar surface area (TPSA) is 88.6 Å². The minimum Gasteiger partial charge on any atom is -0.497 e. The van der Waals surface area contributed by atoms with Crippen LogP contribution in [0.15, 0.2) is 41.4 Å². The molecular formula is C27H31F2N5O3S. The number of rotatable bonds is 9. The summed E-state index contributed by atoms with van der Waals surface area (Å²) < 4.78 is 41.2. The van der Waals surface area contributed by atoms with Crippen molar-refractivity contribution < 1.29 is 23.0 Å². The Bertz CT molecular complexity index is 1310. The number of halogens is 2. The number of ether oxygens (including phenoxy) is 2. The Morgan fingerprint density at radius 2 is 2.18 bits per heavy atom. The van der Waals surface area contributed by atoms with Gasteiger partial charge >= 0.3 is 0 Å². The van der Waals surface area contributed by atoms with Crippen LogP contribution >= 0.6 is 11.8 Å². The number of fused-ring (bicyclic) bond motifs is 2. The van der Waals surface area contributed by atoms with Gasteiger partial charge < -0.3 is 20.1 Å². The van der Waals surface area contributed by atoms with Crippen molar-refractivity contribution in [2.45, 2.75) is 43.1 Å². The Morgan fingerprint density at radius 3 is 2.97 bits per heavy atom. The van der Waals surface area contributed by atoms with Crippen LogP contribution in [0.5, 0.6) is 5.75 Å². The first kappa shape index (κ1) is 26.7. The van der Waals surface area contributed by atoms with E-state index in [0.29, 0.717) is 55.4 Å². The van der Waals surface area contributed by atoms with Crippen LogP contribution in [0.1, 0.15) is 30.7 Å². The SMILES string of the molecule is CCO[C@@H](CN1CCC(NCc2ccc3c(n2)NC(=O)CS3)C(F)C1)c1ccnc2c(F)cc(OC)cc12. The lowest BCUT2D eigenvalue weighted by atomic mass is 9.99. The molecule has 4 heterocycles. The second-order valence-corrected chi connectivity index (χ2v) is 10.4. The van der Waals surface area contributed by atoms with Gasteiger partial charge in [0.2, 0.25) is 5.91 Å². The molecule has 0 radical (unpaired) electrons. The molecule has 0 bridgehead atoms. The van der Waals surface area contributed by atoms with Gasteiger partial charge in [-0.15, -0.1) is 11.8 Å². The lowest BCUT2D eigenvalue weighted by molar-refractivity contribution is -0.113. The average Bonchev–Trinajstić information content (AvgIpc) is 2.91. The number of nitrogens with one attached hydrogen (secondary N) is 2. The van der Waals surface area contributed by atoms with Gasteiger partial charge in [0.25, 0.3) is 0 Å². The minimum absolute atomic E-state index is 0.0642. The first-order chi connectivity index (χ1) is 18.4. The normalized spacial score (nSPS) is 20.7. The van der Waals surface area contributed by atoms with E-state index in [1.807, 2.05) is 25.1 Å². The highest BCUT2D eigenvalue weighted by Gasteiger charge is 2.31. The monoisotopic (exact) mass is 543 g/mol. The summed E-state index contributed by atoms with van der Waals surface area (Å²) in [6.45, 7) is 4.20. The van der Waals surface area contributed by atoms with Crippen molar-refractivity contribution in [3.05, 3.63) is 53.6 Å². The molecule has 11 heteroatoms. The van der Waals surface area contributed by atoms with Gasteiger partial charge in [-0.3, -0.25) is 14.7 Å². The Hall–Kier alpha value is -2.86. The molecule has 0 saturated carbocycles. The molecule has 2 unspecified atom stereocenters. The van der Waals surface area contributed by atoms with Crippen molar-refractivity contribution in [2.75, 3.05) is 44.4 Å². The number of carbonyl (C=O) groups is 1. The van der Waals surface area contributed by atoms with E-state index in [1.54, 1.807) is 12.3 Å². The smallest absolute Gasteiger partial charge is 0.235 e. The zero-order valence-electron chi connectivity index (χ0n) is 21.4. The predicted octanol–water partition coefficient (Wildman–Crippen LogP) is 4.10. The number of nitrogens with zero attached hydrogens (tertiary/aromatic N) is 3. The molecule has 8 nitrogen and oxygen atoms in total. The largest absolute Gasteiger partial charge is 0.497 e. The summed E-state index contributed by atoms with van der Waals surface area (Å²) in [6.07, 6.45) is 0.746. The molecule has 3 aromatic rings. The van der Waals surface area contributed by atoms with E-state index < -0.39 is 12.0 Å². The molecule has 2 N–H and O–H groups in total. The fourth-order valence-electron chi connectivity index (χ4n) is 4.98. The molecule has 2 aromatic heterocycles. The van der Waals surface area contributed by atoms with Gasteiger partial charge in [0, 0.05) is 49.9 Å². The second-order valence-electron chi connectivity index (χ2n) is 9.39. The number of pyridine rings is 2. The number of piperidine rings is 1. The maximum Gasteiger partial charge on any atom is 0.235 e. The Labute approximate surface area is 224 Å². The Balaban J connectivity index is 1.23. The van der Waals surface area contributed by atoms with Gasteiger partial charge in [-0.25, -0.2) is 13.8 Å². The lowest BCUT2D eigenvalue weighted by Gasteiger charge is -2.37. The maximum atomic E-state index is 15.3. The quantitative estimate of drug-likeness (QED) is 0.417. The summed E-state index contributed by atoms with van der Waals surface area (Å²) in [5.74, 6) is 0.846. The number of hydrogen-bond donors (Lipinski definition) is 2. The van der Waals surface area contributed by atoms with Crippen molar-refractivity contribution in [3.8, 4) is 5.75 Å². The molecule has 38 heavy (non-hydrogen) atoms. The summed E-state index contributed by atoms with van der Waals surface area (Å²) in [5, 5.41) is 6.72. The van der Waals surface area contributed by atoms with Gasteiger partial charge in [-0.1, -0.05) is 0 Å². The first-order valence-electron chi connectivity index (χ1n) is 12.7. The van der Waals surface area contributed by atoms with Gasteiger partial charge in [-0.05, 0) is 49.7 Å². The molecule has 1 amide bonds. The van der Waals surface area contributed by atoms with Gasteiger partial charge in [0.1, 0.15) is 23.3 Å². The van der Waals surface area contributed by atoms with E-state index in [2.05, 4.69) is 25.5 Å². The second kappa shape index (κ2) is 11.9. The molecule has 1 aromatic carbocycles. The number of methoxy groups -OCH3 is 1. The average molecular weight is 544 g/mol. The summed E-state index contributed by atoms with van der Waals surface area (Å²) in [7, 11) is 1.49. The van der Waals surface area contributed by atoms with Gasteiger partial charge in [0.05, 0.1) is 29.6 Å². The maximum absolute atomic E-state index is 15.3.